The van der Waals surface area contributed by atoms with Crippen molar-refractivity contribution in [2.45, 2.75) is 18.6 Å². The zero-order chi connectivity index (χ0) is 28.2. The van der Waals surface area contributed by atoms with Gasteiger partial charge in [-0.15, -0.1) is 0 Å². The number of halogens is 4. The first-order valence-corrected chi connectivity index (χ1v) is 11.8. The van der Waals surface area contributed by atoms with Crippen LogP contribution in [-0.2, 0) is 17.4 Å². The average molecular weight is 538 g/mol. The second-order valence-electron chi connectivity index (χ2n) is 8.77. The number of carbonyl (C=O) groups is 2. The molecule has 5 nitrogen and oxygen atoms in total. The molecule has 0 aliphatic heterocycles. The Morgan fingerprint density at radius 2 is 1.51 bits per heavy atom. The lowest BCUT2D eigenvalue weighted by Gasteiger charge is -2.17. The Morgan fingerprint density at radius 3 is 2.08 bits per heavy atom. The molecule has 0 heterocycles. The van der Waals surface area contributed by atoms with Crippen LogP contribution in [0.4, 0.5) is 17.6 Å². The monoisotopic (exact) mass is 537 g/mol. The van der Waals surface area contributed by atoms with Crippen molar-refractivity contribution in [2.75, 3.05) is 7.11 Å². The highest BCUT2D eigenvalue weighted by atomic mass is 19.4. The lowest BCUT2D eigenvalue weighted by molar-refractivity contribution is -0.139. The zero-order valence-corrected chi connectivity index (χ0v) is 20.6. The van der Waals surface area contributed by atoms with Gasteiger partial charge in [0.2, 0.25) is 0 Å². The van der Waals surface area contributed by atoms with Gasteiger partial charge in [-0.25, -0.2) is 9.18 Å². The Labute approximate surface area is 221 Å². The average Bonchev–Trinajstić information content (AvgIpc) is 2.92. The van der Waals surface area contributed by atoms with Gasteiger partial charge in [0.1, 0.15) is 17.6 Å². The van der Waals surface area contributed by atoms with Crippen LogP contribution in [0.3, 0.4) is 0 Å². The minimum atomic E-state index is -4.43. The summed E-state index contributed by atoms with van der Waals surface area (Å²) < 4.78 is 57.5. The van der Waals surface area contributed by atoms with E-state index in [1.54, 1.807) is 42.5 Å². The van der Waals surface area contributed by atoms with Crippen LogP contribution in [0.15, 0.2) is 91.0 Å². The maximum absolute atomic E-state index is 13.7. The minimum Gasteiger partial charge on any atom is -0.496 e. The normalized spacial score (nSPS) is 12.0. The molecule has 0 aromatic heterocycles. The van der Waals surface area contributed by atoms with Crippen LogP contribution in [-0.4, -0.2) is 30.1 Å². The standard InChI is InChI=1S/C30H23F4NO4/c1-39-27-16-18(5-14-25(27)22-3-2-4-24(31)17-22)15-26(29(37)38)35-28(36)21-8-6-19(7-9-21)20-10-12-23(13-11-20)30(32,33)34/h2-14,16-17,26H,15H2,1H3,(H,35,36)(H,37,38)/t26-/m0/s1. The summed E-state index contributed by atoms with van der Waals surface area (Å²) in [7, 11) is 1.45. The molecule has 2 N–H and O–H groups in total. The van der Waals surface area contributed by atoms with E-state index in [0.717, 1.165) is 12.1 Å². The van der Waals surface area contributed by atoms with Crippen LogP contribution in [0, 0.1) is 5.82 Å². The van der Waals surface area contributed by atoms with Gasteiger partial charge in [0, 0.05) is 17.5 Å². The molecular weight excluding hydrogens is 514 g/mol. The second kappa shape index (κ2) is 11.4. The van der Waals surface area contributed by atoms with E-state index in [-0.39, 0.29) is 12.0 Å². The predicted molar refractivity (Wildman–Crippen MR) is 138 cm³/mol. The molecule has 0 saturated heterocycles. The topological polar surface area (TPSA) is 75.6 Å². The third kappa shape index (κ3) is 6.62. The molecule has 0 spiro atoms. The zero-order valence-electron chi connectivity index (χ0n) is 20.6. The molecule has 39 heavy (non-hydrogen) atoms. The van der Waals surface area contributed by atoms with E-state index in [1.165, 1.54) is 43.5 Å². The van der Waals surface area contributed by atoms with Gasteiger partial charge >= 0.3 is 12.1 Å². The third-order valence-electron chi connectivity index (χ3n) is 6.14. The molecule has 0 unspecified atom stereocenters. The summed E-state index contributed by atoms with van der Waals surface area (Å²) >= 11 is 0. The van der Waals surface area contributed by atoms with Crippen molar-refractivity contribution < 1.29 is 37.0 Å². The van der Waals surface area contributed by atoms with Gasteiger partial charge in [-0.05, 0) is 64.7 Å². The number of carboxylic acids is 1. The number of ether oxygens (including phenoxy) is 1. The van der Waals surface area contributed by atoms with Crippen LogP contribution < -0.4 is 10.1 Å². The van der Waals surface area contributed by atoms with Crippen LogP contribution in [0.5, 0.6) is 5.75 Å². The van der Waals surface area contributed by atoms with Crippen molar-refractivity contribution >= 4 is 11.9 Å². The van der Waals surface area contributed by atoms with Crippen molar-refractivity contribution in [3.8, 4) is 28.0 Å². The number of nitrogens with one attached hydrogen (secondary N) is 1. The summed E-state index contributed by atoms with van der Waals surface area (Å²) in [6.45, 7) is 0. The molecule has 0 fully saturated rings. The van der Waals surface area contributed by atoms with Crippen LogP contribution >= 0.6 is 0 Å². The number of hydrogen-bond donors (Lipinski definition) is 2. The Morgan fingerprint density at radius 1 is 0.872 bits per heavy atom. The quantitative estimate of drug-likeness (QED) is 0.248. The van der Waals surface area contributed by atoms with Gasteiger partial charge in [0.25, 0.3) is 5.91 Å². The molecule has 0 bridgehead atoms. The fourth-order valence-corrected chi connectivity index (χ4v) is 4.10. The molecule has 1 amide bonds. The third-order valence-corrected chi connectivity index (χ3v) is 6.14. The molecular formula is C30H23F4NO4. The summed E-state index contributed by atoms with van der Waals surface area (Å²) in [6, 6.07) is 20.5. The van der Waals surface area contributed by atoms with Gasteiger partial charge in [-0.3, -0.25) is 4.79 Å². The van der Waals surface area contributed by atoms with Gasteiger partial charge in [0.15, 0.2) is 0 Å². The molecule has 4 aromatic rings. The molecule has 4 aromatic carbocycles. The predicted octanol–water partition coefficient (Wildman–Crippen LogP) is 6.61. The Bertz CT molecular complexity index is 1480. The summed E-state index contributed by atoms with van der Waals surface area (Å²) in [5, 5.41) is 12.2. The van der Waals surface area contributed by atoms with Crippen molar-refractivity contribution in [3.05, 3.63) is 114 Å². The maximum atomic E-state index is 13.7. The molecule has 0 radical (unpaired) electrons. The number of amides is 1. The van der Waals surface area contributed by atoms with E-state index in [2.05, 4.69) is 5.32 Å². The summed E-state index contributed by atoms with van der Waals surface area (Å²) in [5.41, 5.74) is 2.37. The minimum absolute atomic E-state index is 0.0372. The van der Waals surface area contributed by atoms with Gasteiger partial charge in [0.05, 0.1) is 12.7 Å². The van der Waals surface area contributed by atoms with Gasteiger partial charge < -0.3 is 15.2 Å². The number of carboxylic acid groups (broad SMARTS) is 1. The SMILES string of the molecule is COc1cc(C[C@H](NC(=O)c2ccc(-c3ccc(C(F)(F)F)cc3)cc2)C(=O)O)ccc1-c1cccc(F)c1. The number of benzene rings is 4. The van der Waals surface area contributed by atoms with E-state index >= 15 is 0 Å². The molecule has 200 valence electrons. The summed E-state index contributed by atoms with van der Waals surface area (Å²) in [6.07, 6.45) is -4.47. The van der Waals surface area contributed by atoms with Crippen LogP contribution in [0.2, 0.25) is 0 Å². The van der Waals surface area contributed by atoms with E-state index in [4.69, 9.17) is 4.74 Å². The van der Waals surface area contributed by atoms with E-state index in [1.807, 2.05) is 0 Å². The van der Waals surface area contributed by atoms with Crippen molar-refractivity contribution in [1.82, 2.24) is 5.32 Å². The van der Waals surface area contributed by atoms with Gasteiger partial charge in [-0.2, -0.15) is 13.2 Å². The molecule has 0 saturated carbocycles. The molecule has 1 atom stereocenters. The number of rotatable bonds is 8. The number of hydrogen-bond acceptors (Lipinski definition) is 3. The first kappa shape index (κ1) is 27.4. The lowest BCUT2D eigenvalue weighted by atomic mass is 9.99. The molecule has 0 aliphatic carbocycles. The first-order valence-electron chi connectivity index (χ1n) is 11.8. The highest BCUT2D eigenvalue weighted by molar-refractivity contribution is 5.97. The second-order valence-corrected chi connectivity index (χ2v) is 8.77. The smallest absolute Gasteiger partial charge is 0.416 e. The Kier molecular flexibility index (Phi) is 7.99. The van der Waals surface area contributed by atoms with Crippen LogP contribution in [0.25, 0.3) is 22.3 Å². The number of methoxy groups -OCH3 is 1. The lowest BCUT2D eigenvalue weighted by Crippen LogP contribution is -2.42. The molecule has 9 heteroatoms. The highest BCUT2D eigenvalue weighted by Crippen LogP contribution is 2.32. The summed E-state index contributed by atoms with van der Waals surface area (Å²) in [5.74, 6) is -1.84. The number of alkyl halides is 3. The molecule has 4 rings (SSSR count). The van der Waals surface area contributed by atoms with Crippen molar-refractivity contribution in [1.29, 1.82) is 0 Å². The highest BCUT2D eigenvalue weighted by Gasteiger charge is 2.30. The fourth-order valence-electron chi connectivity index (χ4n) is 4.10. The molecule has 0 aliphatic rings. The van der Waals surface area contributed by atoms with E-state index in [9.17, 15) is 32.3 Å². The first-order chi connectivity index (χ1) is 18.5. The number of aliphatic carboxylic acids is 1. The van der Waals surface area contributed by atoms with Crippen molar-refractivity contribution in [3.63, 3.8) is 0 Å². The maximum Gasteiger partial charge on any atom is 0.416 e. The number of carbonyl (C=O) groups excluding carboxylic acids is 1. The largest absolute Gasteiger partial charge is 0.496 e. The van der Waals surface area contributed by atoms with E-state index in [0.29, 0.717) is 33.6 Å². The fraction of sp³-hybridized carbons (Fsp3) is 0.133. The van der Waals surface area contributed by atoms with E-state index < -0.39 is 35.5 Å². The summed E-state index contributed by atoms with van der Waals surface area (Å²) in [4.78, 5) is 24.7. The Hall–Kier alpha value is -4.66. The van der Waals surface area contributed by atoms with Crippen LogP contribution in [0.1, 0.15) is 21.5 Å². The van der Waals surface area contributed by atoms with Crippen molar-refractivity contribution in [2.24, 2.45) is 0 Å². The Balaban J connectivity index is 1.47. The van der Waals surface area contributed by atoms with Gasteiger partial charge in [-0.1, -0.05) is 48.5 Å².